The van der Waals surface area contributed by atoms with Gasteiger partial charge < -0.3 is 0 Å². The van der Waals surface area contributed by atoms with Gasteiger partial charge >= 0.3 is 217 Å². The van der Waals surface area contributed by atoms with Crippen LogP contribution in [0.5, 0.6) is 0 Å². The van der Waals surface area contributed by atoms with Crippen LogP contribution < -0.4 is 0 Å². The van der Waals surface area contributed by atoms with Crippen LogP contribution in [0.25, 0.3) is 22.3 Å². The molecule has 1 atom stereocenters. The first-order valence-corrected chi connectivity index (χ1v) is 15.9. The molecule has 4 aromatic carbocycles. The quantitative estimate of drug-likeness (QED) is 0.204. The number of rotatable bonds is 2. The third-order valence-corrected chi connectivity index (χ3v) is 13.0. The molecule has 1 heteroatoms. The van der Waals surface area contributed by atoms with Crippen LogP contribution in [0.15, 0.2) is 84.9 Å². The minimum absolute atomic E-state index is 0.214. The maximum absolute atomic E-state index is 2.53. The van der Waals surface area contributed by atoms with Crippen LogP contribution >= 0.6 is 0 Å². The van der Waals surface area contributed by atoms with Gasteiger partial charge in [-0.3, -0.25) is 0 Å². The molecular weight excluding hydrogens is 481 g/mol. The fourth-order valence-electron chi connectivity index (χ4n) is 7.20. The molecule has 1 unspecified atom stereocenters. The first kappa shape index (κ1) is 21.7. The summed E-state index contributed by atoms with van der Waals surface area (Å²) in [6.07, 6.45) is 7.64. The van der Waals surface area contributed by atoms with Crippen LogP contribution in [0.1, 0.15) is 66.0 Å². The van der Waals surface area contributed by atoms with E-state index in [1.165, 1.54) is 64.3 Å². The Hall–Kier alpha value is -2.58. The number of fused-ring (bicyclic) bond motifs is 6. The van der Waals surface area contributed by atoms with E-state index in [-0.39, 0.29) is 19.7 Å². The molecule has 1 saturated heterocycles. The molecule has 2 radical (unpaired) electrons. The van der Waals surface area contributed by atoms with E-state index in [1.54, 1.807) is 22.3 Å². The van der Waals surface area contributed by atoms with Crippen LogP contribution in [0, 0.1) is 5.92 Å². The van der Waals surface area contributed by atoms with Crippen molar-refractivity contribution in [2.45, 2.75) is 54.9 Å². The summed E-state index contributed by atoms with van der Waals surface area (Å²) >= 11 is -0.214. The van der Waals surface area contributed by atoms with Crippen LogP contribution in [0.4, 0.5) is 0 Å². The number of hydrogen-bond donors (Lipinski definition) is 0. The minimum atomic E-state index is -0.214. The Balaban J connectivity index is 1.45. The molecule has 7 rings (SSSR count). The standard InChI is InChI=1S/C34H32Ge/c1-23-9-8-19-34(35-20-18-23,32-16-6-14-28-26-12-4-2-10-24(26)21-30(28)32)33-17-7-15-29-27-13-5-3-11-25(27)22-31(29)33/h2-7,10-17,23H,8-9,18-22H2,1H3. The molecule has 0 bridgehead atoms. The zero-order chi connectivity index (χ0) is 23.4. The van der Waals surface area contributed by atoms with Crippen molar-refractivity contribution in [3.8, 4) is 22.3 Å². The first-order valence-electron chi connectivity index (χ1n) is 13.4. The molecule has 2 aliphatic carbocycles. The van der Waals surface area contributed by atoms with Gasteiger partial charge in [-0.15, -0.1) is 0 Å². The fourth-order valence-corrected chi connectivity index (χ4v) is 12.0. The molecule has 1 aliphatic heterocycles. The van der Waals surface area contributed by atoms with E-state index in [9.17, 15) is 0 Å². The molecular formula is C34H32Ge. The van der Waals surface area contributed by atoms with Crippen molar-refractivity contribution in [2.24, 2.45) is 5.92 Å². The molecule has 0 spiro atoms. The molecule has 0 saturated carbocycles. The van der Waals surface area contributed by atoms with Gasteiger partial charge in [-0.1, -0.05) is 0 Å². The number of hydrogen-bond acceptors (Lipinski definition) is 0. The third kappa shape index (κ3) is 3.40. The second-order valence-electron chi connectivity index (χ2n) is 10.9. The van der Waals surface area contributed by atoms with Crippen molar-refractivity contribution in [2.75, 3.05) is 0 Å². The Morgan fingerprint density at radius 2 is 1.17 bits per heavy atom. The van der Waals surface area contributed by atoms with Crippen molar-refractivity contribution in [1.82, 2.24) is 0 Å². The normalized spacial score (nSPS) is 19.7. The van der Waals surface area contributed by atoms with Gasteiger partial charge in [-0.25, -0.2) is 0 Å². The topological polar surface area (TPSA) is 0 Å². The van der Waals surface area contributed by atoms with Crippen molar-refractivity contribution < 1.29 is 0 Å². The van der Waals surface area contributed by atoms with Crippen molar-refractivity contribution >= 4 is 15.4 Å². The molecule has 0 nitrogen and oxygen atoms in total. The van der Waals surface area contributed by atoms with Crippen LogP contribution in [0.2, 0.25) is 5.25 Å². The summed E-state index contributed by atoms with van der Waals surface area (Å²) in [7, 11) is 0. The Kier molecular flexibility index (Phi) is 5.28. The van der Waals surface area contributed by atoms with Gasteiger partial charge in [0.05, 0.1) is 0 Å². The Morgan fingerprint density at radius 1 is 0.629 bits per heavy atom. The molecule has 0 N–H and O–H groups in total. The van der Waals surface area contributed by atoms with E-state index in [2.05, 4.69) is 91.9 Å². The average Bonchev–Trinajstić information content (AvgIpc) is 3.45. The fraction of sp³-hybridized carbons (Fsp3) is 0.294. The maximum atomic E-state index is 2.53. The predicted octanol–water partition coefficient (Wildman–Crippen LogP) is 8.41. The van der Waals surface area contributed by atoms with Gasteiger partial charge in [0.1, 0.15) is 0 Å². The van der Waals surface area contributed by atoms with E-state index < -0.39 is 0 Å². The van der Waals surface area contributed by atoms with Crippen molar-refractivity contribution in [3.05, 3.63) is 118 Å². The summed E-state index contributed by atoms with van der Waals surface area (Å²) in [5.41, 5.74) is 15.5. The average molecular weight is 513 g/mol. The SMILES string of the molecule is CC1CCC[C](c2cccc3c2Cc2ccccc2-3)(c2cccc3c2Cc2ccccc2-3)[Ge][CH2]C1. The summed E-state index contributed by atoms with van der Waals surface area (Å²) in [6.45, 7) is 2.48. The van der Waals surface area contributed by atoms with Gasteiger partial charge in [-0.05, 0) is 0 Å². The molecule has 1 heterocycles. The van der Waals surface area contributed by atoms with Crippen LogP contribution in [0.3, 0.4) is 0 Å². The van der Waals surface area contributed by atoms with Gasteiger partial charge in [-0.2, -0.15) is 0 Å². The van der Waals surface area contributed by atoms with E-state index in [4.69, 9.17) is 0 Å². The Bertz CT molecular complexity index is 1320. The Morgan fingerprint density at radius 3 is 1.77 bits per heavy atom. The van der Waals surface area contributed by atoms with Crippen molar-refractivity contribution in [1.29, 1.82) is 0 Å². The van der Waals surface area contributed by atoms with E-state index in [1.807, 2.05) is 0 Å². The van der Waals surface area contributed by atoms with Crippen LogP contribution in [-0.4, -0.2) is 15.4 Å². The van der Waals surface area contributed by atoms with E-state index >= 15 is 0 Å². The summed E-state index contributed by atoms with van der Waals surface area (Å²) in [5, 5.41) is 1.44. The summed E-state index contributed by atoms with van der Waals surface area (Å²) < 4.78 is 0.223. The predicted molar refractivity (Wildman–Crippen MR) is 148 cm³/mol. The van der Waals surface area contributed by atoms with Crippen molar-refractivity contribution in [3.63, 3.8) is 0 Å². The summed E-state index contributed by atoms with van der Waals surface area (Å²) in [6, 6.07) is 32.8. The van der Waals surface area contributed by atoms with E-state index in [0.717, 1.165) is 18.8 Å². The Labute approximate surface area is 216 Å². The second kappa shape index (κ2) is 8.52. The molecule has 172 valence electrons. The molecule has 1 fully saturated rings. The molecule has 4 aromatic rings. The number of benzene rings is 4. The third-order valence-electron chi connectivity index (χ3n) is 8.93. The van der Waals surface area contributed by atoms with Gasteiger partial charge in [0.2, 0.25) is 0 Å². The summed E-state index contributed by atoms with van der Waals surface area (Å²) in [4.78, 5) is 0. The van der Waals surface area contributed by atoms with Crippen LogP contribution in [-0.2, 0) is 17.1 Å². The zero-order valence-electron chi connectivity index (χ0n) is 20.6. The first-order chi connectivity index (χ1) is 17.2. The van der Waals surface area contributed by atoms with E-state index in [0.29, 0.717) is 0 Å². The van der Waals surface area contributed by atoms with Gasteiger partial charge in [0.25, 0.3) is 0 Å². The monoisotopic (exact) mass is 514 g/mol. The molecule has 0 aromatic heterocycles. The second-order valence-corrected chi connectivity index (χ2v) is 14.5. The zero-order valence-corrected chi connectivity index (χ0v) is 22.7. The van der Waals surface area contributed by atoms with Gasteiger partial charge in [0.15, 0.2) is 0 Å². The molecule has 3 aliphatic rings. The van der Waals surface area contributed by atoms with Gasteiger partial charge in [0, 0.05) is 0 Å². The molecule has 0 amide bonds. The summed E-state index contributed by atoms with van der Waals surface area (Å²) in [5.74, 6) is 0.883. The molecule has 35 heavy (non-hydrogen) atoms.